The standard InChI is InChI=1S/C26H39ClN2/c1-19(2)25(28-16-21-8-6-7-20(3)15-21)17-29-14-13-24(26(4,5)18-29)22-9-11-23(27)12-10-22/h6-11,15,19,23-25,28H,12-14,16-18H2,1-5H3/t23?,24-,25+/m1/s1. The Hall–Kier alpha value is -1.09. The highest BCUT2D eigenvalue weighted by atomic mass is 35.5. The van der Waals surface area contributed by atoms with Crippen LogP contribution in [-0.2, 0) is 6.54 Å². The molecule has 1 saturated heterocycles. The average molecular weight is 415 g/mol. The van der Waals surface area contributed by atoms with E-state index in [1.807, 2.05) is 0 Å². The summed E-state index contributed by atoms with van der Waals surface area (Å²) in [4.78, 5) is 2.68. The lowest BCUT2D eigenvalue weighted by molar-refractivity contribution is 0.0630. The Morgan fingerprint density at radius 3 is 2.69 bits per heavy atom. The zero-order chi connectivity index (χ0) is 21.0. The molecule has 0 spiro atoms. The van der Waals surface area contributed by atoms with Gasteiger partial charge in [-0.3, -0.25) is 0 Å². The summed E-state index contributed by atoms with van der Waals surface area (Å²) >= 11 is 6.24. The van der Waals surface area contributed by atoms with Gasteiger partial charge < -0.3 is 10.2 Å². The molecule has 0 bridgehead atoms. The van der Waals surface area contributed by atoms with E-state index in [1.165, 1.54) is 29.7 Å². The molecule has 160 valence electrons. The lowest BCUT2D eigenvalue weighted by Crippen LogP contribution is -2.51. The molecule has 2 nitrogen and oxygen atoms in total. The van der Waals surface area contributed by atoms with Gasteiger partial charge in [0, 0.05) is 25.7 Å². The molecular weight excluding hydrogens is 376 g/mol. The van der Waals surface area contributed by atoms with E-state index < -0.39 is 0 Å². The van der Waals surface area contributed by atoms with Crippen LogP contribution < -0.4 is 5.32 Å². The minimum atomic E-state index is 0.174. The van der Waals surface area contributed by atoms with Crippen molar-refractivity contribution < 1.29 is 0 Å². The summed E-state index contributed by atoms with van der Waals surface area (Å²) in [6.07, 6.45) is 9.04. The minimum absolute atomic E-state index is 0.174. The normalized spacial score (nSPS) is 25.8. The smallest absolute Gasteiger partial charge is 0.0553 e. The molecule has 0 saturated carbocycles. The Bertz CT molecular complexity index is 734. The molecule has 0 amide bonds. The van der Waals surface area contributed by atoms with Crippen molar-refractivity contribution in [1.82, 2.24) is 10.2 Å². The summed E-state index contributed by atoms with van der Waals surface area (Å²) in [7, 11) is 0. The highest BCUT2D eigenvalue weighted by Gasteiger charge is 2.38. The van der Waals surface area contributed by atoms with Crippen LogP contribution in [0.25, 0.3) is 0 Å². The molecule has 1 N–H and O–H groups in total. The second-order valence-electron chi connectivity index (χ2n) is 10.1. The summed E-state index contributed by atoms with van der Waals surface area (Å²) in [6, 6.07) is 9.34. The number of nitrogens with zero attached hydrogens (tertiary/aromatic N) is 1. The predicted octanol–water partition coefficient (Wildman–Crippen LogP) is 5.95. The van der Waals surface area contributed by atoms with Crippen molar-refractivity contribution in [3.63, 3.8) is 0 Å². The van der Waals surface area contributed by atoms with Crippen LogP contribution in [0.4, 0.5) is 0 Å². The van der Waals surface area contributed by atoms with Crippen LogP contribution in [0.2, 0.25) is 0 Å². The van der Waals surface area contributed by atoms with Crippen LogP contribution in [0, 0.1) is 24.2 Å². The SMILES string of the molecule is Cc1cccc(CN[C@@H](CN2CC[C@H](C3=CCC(Cl)C=C3)C(C)(C)C2)C(C)C)c1. The number of nitrogens with one attached hydrogen (secondary N) is 1. The number of hydrogen-bond acceptors (Lipinski definition) is 2. The summed E-state index contributed by atoms with van der Waals surface area (Å²) in [5.41, 5.74) is 4.50. The third-order valence-corrected chi connectivity index (χ3v) is 7.02. The molecule has 3 rings (SSSR count). The first-order valence-corrected chi connectivity index (χ1v) is 11.7. The number of rotatable bonds is 7. The maximum absolute atomic E-state index is 6.24. The number of hydrogen-bond donors (Lipinski definition) is 1. The highest BCUT2D eigenvalue weighted by molar-refractivity contribution is 6.22. The topological polar surface area (TPSA) is 15.3 Å². The van der Waals surface area contributed by atoms with Gasteiger partial charge in [0.15, 0.2) is 0 Å². The second-order valence-corrected chi connectivity index (χ2v) is 10.7. The quantitative estimate of drug-likeness (QED) is 0.554. The minimum Gasteiger partial charge on any atom is -0.308 e. The first kappa shape index (κ1) is 22.6. The van der Waals surface area contributed by atoms with E-state index in [1.54, 1.807) is 0 Å². The average Bonchev–Trinajstić information content (AvgIpc) is 2.65. The third kappa shape index (κ3) is 6.20. The largest absolute Gasteiger partial charge is 0.308 e. The molecule has 3 heteroatoms. The van der Waals surface area contributed by atoms with Crippen molar-refractivity contribution in [2.45, 2.75) is 65.4 Å². The van der Waals surface area contributed by atoms with Gasteiger partial charge in [-0.1, -0.05) is 75.8 Å². The molecule has 2 aliphatic rings. The first-order valence-electron chi connectivity index (χ1n) is 11.3. The third-order valence-electron chi connectivity index (χ3n) is 6.70. The molecular formula is C26H39ClN2. The number of halogens is 1. The van der Waals surface area contributed by atoms with Gasteiger partial charge in [-0.25, -0.2) is 0 Å². The van der Waals surface area contributed by atoms with Gasteiger partial charge in [-0.05, 0) is 54.7 Å². The fourth-order valence-electron chi connectivity index (χ4n) is 4.97. The molecule has 1 aromatic carbocycles. The van der Waals surface area contributed by atoms with E-state index in [0.29, 0.717) is 17.9 Å². The van der Waals surface area contributed by atoms with Crippen LogP contribution in [0.3, 0.4) is 0 Å². The molecule has 3 atom stereocenters. The lowest BCUT2D eigenvalue weighted by atomic mass is 9.69. The Morgan fingerprint density at radius 2 is 2.07 bits per heavy atom. The molecule has 1 fully saturated rings. The molecule has 1 unspecified atom stereocenters. The van der Waals surface area contributed by atoms with Crippen LogP contribution in [0.5, 0.6) is 0 Å². The van der Waals surface area contributed by atoms with Crippen LogP contribution in [-0.4, -0.2) is 36.0 Å². The van der Waals surface area contributed by atoms with Crippen LogP contribution >= 0.6 is 11.6 Å². The monoisotopic (exact) mass is 414 g/mol. The van der Waals surface area contributed by atoms with Crippen LogP contribution in [0.1, 0.15) is 51.7 Å². The molecule has 29 heavy (non-hydrogen) atoms. The lowest BCUT2D eigenvalue weighted by Gasteiger charge is -2.46. The molecule has 1 heterocycles. The van der Waals surface area contributed by atoms with E-state index in [4.69, 9.17) is 11.6 Å². The Balaban J connectivity index is 1.58. The second kappa shape index (κ2) is 9.81. The van der Waals surface area contributed by atoms with Crippen LogP contribution in [0.15, 0.2) is 48.1 Å². The van der Waals surface area contributed by atoms with E-state index in [9.17, 15) is 0 Å². The van der Waals surface area contributed by atoms with E-state index >= 15 is 0 Å². The number of likely N-dealkylation sites (tertiary alicyclic amines) is 1. The van der Waals surface area contributed by atoms with E-state index in [0.717, 1.165) is 26.1 Å². The number of alkyl halides is 1. The van der Waals surface area contributed by atoms with Crippen molar-refractivity contribution in [3.05, 3.63) is 59.2 Å². The summed E-state index contributed by atoms with van der Waals surface area (Å²) in [5, 5.41) is 4.01. The Morgan fingerprint density at radius 1 is 1.28 bits per heavy atom. The molecule has 1 aliphatic carbocycles. The van der Waals surface area contributed by atoms with E-state index in [-0.39, 0.29) is 10.8 Å². The van der Waals surface area contributed by atoms with Gasteiger partial charge >= 0.3 is 0 Å². The fraction of sp³-hybridized carbons (Fsp3) is 0.615. The molecule has 0 radical (unpaired) electrons. The van der Waals surface area contributed by atoms with Gasteiger partial charge in [-0.2, -0.15) is 0 Å². The zero-order valence-electron chi connectivity index (χ0n) is 18.9. The summed E-state index contributed by atoms with van der Waals surface area (Å²) in [6.45, 7) is 16.1. The van der Waals surface area contributed by atoms with Crippen molar-refractivity contribution in [3.8, 4) is 0 Å². The van der Waals surface area contributed by atoms with E-state index in [2.05, 4.69) is 87.3 Å². The number of piperidine rings is 1. The maximum Gasteiger partial charge on any atom is 0.0553 e. The van der Waals surface area contributed by atoms with Gasteiger partial charge in [0.25, 0.3) is 0 Å². The first-order chi connectivity index (χ1) is 13.7. The maximum atomic E-state index is 6.24. The van der Waals surface area contributed by atoms with Crippen molar-refractivity contribution in [2.24, 2.45) is 17.3 Å². The zero-order valence-corrected chi connectivity index (χ0v) is 19.7. The van der Waals surface area contributed by atoms with Gasteiger partial charge in [0.2, 0.25) is 0 Å². The molecule has 1 aliphatic heterocycles. The molecule has 0 aromatic heterocycles. The number of benzene rings is 1. The van der Waals surface area contributed by atoms with Crippen molar-refractivity contribution in [2.75, 3.05) is 19.6 Å². The highest BCUT2D eigenvalue weighted by Crippen LogP contribution is 2.41. The number of allylic oxidation sites excluding steroid dienone is 4. The summed E-state index contributed by atoms with van der Waals surface area (Å²) in [5.74, 6) is 1.25. The van der Waals surface area contributed by atoms with Crippen molar-refractivity contribution in [1.29, 1.82) is 0 Å². The Kier molecular flexibility index (Phi) is 7.64. The van der Waals surface area contributed by atoms with Gasteiger partial charge in [0.05, 0.1) is 5.38 Å². The molecule has 1 aromatic rings. The van der Waals surface area contributed by atoms with Crippen molar-refractivity contribution >= 4 is 11.6 Å². The van der Waals surface area contributed by atoms with Gasteiger partial charge in [0.1, 0.15) is 0 Å². The predicted molar refractivity (Wildman–Crippen MR) is 126 cm³/mol. The fourth-order valence-corrected chi connectivity index (χ4v) is 5.13. The number of aryl methyl sites for hydroxylation is 1. The van der Waals surface area contributed by atoms with Gasteiger partial charge in [-0.15, -0.1) is 11.6 Å². The Labute approximate surface area is 183 Å². The summed E-state index contributed by atoms with van der Waals surface area (Å²) < 4.78 is 0.